The van der Waals surface area contributed by atoms with Crippen molar-refractivity contribution < 1.29 is 4.52 Å². The summed E-state index contributed by atoms with van der Waals surface area (Å²) < 4.78 is 4.76. The van der Waals surface area contributed by atoms with E-state index in [0.717, 1.165) is 38.4 Å². The highest BCUT2D eigenvalue weighted by Crippen LogP contribution is 2.01. The topological polar surface area (TPSA) is 41.3 Å². The highest BCUT2D eigenvalue weighted by Gasteiger charge is 2.10. The van der Waals surface area contributed by atoms with Crippen LogP contribution in [0.2, 0.25) is 0 Å². The lowest BCUT2D eigenvalue weighted by molar-refractivity contribution is 0.226. The van der Waals surface area contributed by atoms with Crippen molar-refractivity contribution in [2.75, 3.05) is 26.2 Å². The van der Waals surface area contributed by atoms with E-state index in [2.05, 4.69) is 15.4 Å². The first-order chi connectivity index (χ1) is 5.95. The van der Waals surface area contributed by atoms with Crippen molar-refractivity contribution in [3.63, 3.8) is 0 Å². The Morgan fingerprint density at radius 2 is 2.33 bits per heavy atom. The highest BCUT2D eigenvalue weighted by molar-refractivity contribution is 4.95. The van der Waals surface area contributed by atoms with Gasteiger partial charge < -0.3 is 9.84 Å². The van der Waals surface area contributed by atoms with Crippen LogP contribution in [0.4, 0.5) is 0 Å². The van der Waals surface area contributed by atoms with Crippen LogP contribution < -0.4 is 5.32 Å². The number of nitrogens with zero attached hydrogens (tertiary/aromatic N) is 2. The Balaban J connectivity index is 1.86. The lowest BCUT2D eigenvalue weighted by Crippen LogP contribution is -2.42. The van der Waals surface area contributed by atoms with Crippen molar-refractivity contribution in [3.05, 3.63) is 18.0 Å². The van der Waals surface area contributed by atoms with Crippen LogP contribution in [0, 0.1) is 0 Å². The summed E-state index contributed by atoms with van der Waals surface area (Å²) in [6.07, 6.45) is 1.62. The Kier molecular flexibility index (Phi) is 2.39. The van der Waals surface area contributed by atoms with Gasteiger partial charge in [-0.25, -0.2) is 0 Å². The van der Waals surface area contributed by atoms with E-state index in [1.807, 2.05) is 6.07 Å². The third-order valence-corrected chi connectivity index (χ3v) is 2.09. The molecule has 1 fully saturated rings. The van der Waals surface area contributed by atoms with Crippen molar-refractivity contribution in [2.24, 2.45) is 0 Å². The van der Waals surface area contributed by atoms with Gasteiger partial charge in [0.2, 0.25) is 0 Å². The van der Waals surface area contributed by atoms with Crippen LogP contribution in [0.15, 0.2) is 16.9 Å². The maximum Gasteiger partial charge on any atom is 0.124 e. The second kappa shape index (κ2) is 3.69. The van der Waals surface area contributed by atoms with Crippen molar-refractivity contribution in [2.45, 2.75) is 6.54 Å². The van der Waals surface area contributed by atoms with Crippen LogP contribution in [0.25, 0.3) is 0 Å². The van der Waals surface area contributed by atoms with Crippen LogP contribution in [-0.2, 0) is 6.54 Å². The van der Waals surface area contributed by atoms with Gasteiger partial charge in [-0.1, -0.05) is 5.16 Å². The number of aromatic nitrogens is 1. The summed E-state index contributed by atoms with van der Waals surface area (Å²) in [7, 11) is 0. The molecule has 1 aliphatic rings. The Hall–Kier alpha value is -0.870. The first kappa shape index (κ1) is 7.76. The fraction of sp³-hybridized carbons (Fsp3) is 0.625. The third-order valence-electron chi connectivity index (χ3n) is 2.09. The van der Waals surface area contributed by atoms with E-state index >= 15 is 0 Å². The summed E-state index contributed by atoms with van der Waals surface area (Å²) in [5.74, 6) is 0. The second-order valence-corrected chi connectivity index (χ2v) is 3.02. The zero-order chi connectivity index (χ0) is 8.23. The van der Waals surface area contributed by atoms with Gasteiger partial charge in [-0.15, -0.1) is 0 Å². The summed E-state index contributed by atoms with van der Waals surface area (Å²) in [6.45, 7) is 5.29. The van der Waals surface area contributed by atoms with E-state index in [4.69, 9.17) is 4.52 Å². The summed E-state index contributed by atoms with van der Waals surface area (Å²) in [5.41, 5.74) is 1.02. The van der Waals surface area contributed by atoms with Gasteiger partial charge in [0.1, 0.15) is 6.26 Å². The number of hydrogen-bond donors (Lipinski definition) is 1. The lowest BCUT2D eigenvalue weighted by Gasteiger charge is -2.25. The molecule has 2 rings (SSSR count). The monoisotopic (exact) mass is 167 g/mol. The number of hydrogen-bond acceptors (Lipinski definition) is 4. The van der Waals surface area contributed by atoms with E-state index in [0.29, 0.717) is 0 Å². The van der Waals surface area contributed by atoms with Gasteiger partial charge in [0.25, 0.3) is 0 Å². The van der Waals surface area contributed by atoms with Crippen LogP contribution >= 0.6 is 0 Å². The van der Waals surface area contributed by atoms with Gasteiger partial charge in [-0.05, 0) is 0 Å². The Bertz CT molecular complexity index is 216. The molecule has 1 saturated heterocycles. The molecule has 1 aromatic heterocycles. The largest absolute Gasteiger partial charge is 0.364 e. The maximum atomic E-state index is 4.76. The van der Waals surface area contributed by atoms with Crippen molar-refractivity contribution in [1.82, 2.24) is 15.4 Å². The van der Waals surface area contributed by atoms with E-state index in [1.165, 1.54) is 0 Å². The predicted molar refractivity (Wildman–Crippen MR) is 44.6 cm³/mol. The minimum absolute atomic E-state index is 0.915. The first-order valence-corrected chi connectivity index (χ1v) is 4.27. The van der Waals surface area contributed by atoms with Crippen LogP contribution in [-0.4, -0.2) is 36.2 Å². The normalized spacial score (nSPS) is 19.7. The Labute approximate surface area is 71.5 Å². The molecule has 0 bridgehead atoms. The smallest absolute Gasteiger partial charge is 0.124 e. The van der Waals surface area contributed by atoms with Crippen LogP contribution in [0.1, 0.15) is 5.69 Å². The molecule has 0 aliphatic carbocycles. The standard InChI is InChI=1S/C8H13N3O/c1-6-12-10-8(1)7-11-4-2-9-3-5-11/h1,6,9H,2-5,7H2. The molecule has 4 nitrogen and oxygen atoms in total. The molecule has 4 heteroatoms. The Morgan fingerprint density at radius 3 is 3.00 bits per heavy atom. The highest BCUT2D eigenvalue weighted by atomic mass is 16.5. The summed E-state index contributed by atoms with van der Waals surface area (Å²) in [4.78, 5) is 2.37. The van der Waals surface area contributed by atoms with Crippen molar-refractivity contribution >= 4 is 0 Å². The molecule has 0 atom stereocenters. The van der Waals surface area contributed by atoms with E-state index in [9.17, 15) is 0 Å². The lowest BCUT2D eigenvalue weighted by atomic mass is 10.3. The zero-order valence-corrected chi connectivity index (χ0v) is 6.99. The van der Waals surface area contributed by atoms with Gasteiger partial charge in [-0.2, -0.15) is 0 Å². The van der Waals surface area contributed by atoms with Gasteiger partial charge in [0.15, 0.2) is 0 Å². The van der Waals surface area contributed by atoms with Crippen molar-refractivity contribution in [1.29, 1.82) is 0 Å². The van der Waals surface area contributed by atoms with Crippen molar-refractivity contribution in [3.8, 4) is 0 Å². The Morgan fingerprint density at radius 1 is 1.50 bits per heavy atom. The van der Waals surface area contributed by atoms with Gasteiger partial charge in [0, 0.05) is 38.8 Å². The minimum atomic E-state index is 0.915. The molecule has 1 aromatic rings. The van der Waals surface area contributed by atoms with E-state index in [-0.39, 0.29) is 0 Å². The minimum Gasteiger partial charge on any atom is -0.364 e. The molecule has 1 aliphatic heterocycles. The quantitative estimate of drug-likeness (QED) is 0.677. The number of rotatable bonds is 2. The molecule has 0 spiro atoms. The molecule has 0 aromatic carbocycles. The molecule has 0 amide bonds. The molecule has 0 unspecified atom stereocenters. The van der Waals surface area contributed by atoms with E-state index in [1.54, 1.807) is 6.26 Å². The SMILES string of the molecule is c1cc(CN2CCNCC2)no1. The predicted octanol–water partition coefficient (Wildman–Crippen LogP) is 0.0798. The summed E-state index contributed by atoms with van der Waals surface area (Å²) in [6, 6.07) is 1.92. The molecule has 12 heavy (non-hydrogen) atoms. The van der Waals surface area contributed by atoms with Gasteiger partial charge in [0.05, 0.1) is 5.69 Å². The molecular weight excluding hydrogens is 154 g/mol. The number of piperazine rings is 1. The van der Waals surface area contributed by atoms with Gasteiger partial charge in [-0.3, -0.25) is 4.90 Å². The number of nitrogens with one attached hydrogen (secondary N) is 1. The average molecular weight is 167 g/mol. The second-order valence-electron chi connectivity index (χ2n) is 3.02. The molecule has 2 heterocycles. The molecule has 1 N–H and O–H groups in total. The molecule has 0 radical (unpaired) electrons. The summed E-state index contributed by atoms with van der Waals surface area (Å²) >= 11 is 0. The fourth-order valence-corrected chi connectivity index (χ4v) is 1.42. The maximum absolute atomic E-state index is 4.76. The van der Waals surface area contributed by atoms with E-state index < -0.39 is 0 Å². The van der Waals surface area contributed by atoms with Gasteiger partial charge >= 0.3 is 0 Å². The molecule has 0 saturated carbocycles. The van der Waals surface area contributed by atoms with Crippen LogP contribution in [0.5, 0.6) is 0 Å². The third kappa shape index (κ3) is 1.84. The van der Waals surface area contributed by atoms with Crippen LogP contribution in [0.3, 0.4) is 0 Å². The average Bonchev–Trinajstić information content (AvgIpc) is 2.59. The summed E-state index contributed by atoms with van der Waals surface area (Å²) in [5, 5.41) is 7.18. The molecular formula is C8H13N3O. The fourth-order valence-electron chi connectivity index (χ4n) is 1.42. The molecule has 66 valence electrons. The zero-order valence-electron chi connectivity index (χ0n) is 6.99. The first-order valence-electron chi connectivity index (χ1n) is 4.27.